The van der Waals surface area contributed by atoms with Gasteiger partial charge in [-0.3, -0.25) is 4.79 Å². The third-order valence-electron chi connectivity index (χ3n) is 1.84. The van der Waals surface area contributed by atoms with Gasteiger partial charge in [0.25, 0.3) is 0 Å². The van der Waals surface area contributed by atoms with Gasteiger partial charge >= 0.3 is 0 Å². The third kappa shape index (κ3) is 2.85. The molecule has 0 unspecified atom stereocenters. The van der Waals surface area contributed by atoms with E-state index in [-0.39, 0.29) is 6.10 Å². The fourth-order valence-electron chi connectivity index (χ4n) is 1.12. The molecule has 0 N–H and O–H groups in total. The maximum atomic E-state index is 9.92. The van der Waals surface area contributed by atoms with E-state index in [4.69, 9.17) is 4.74 Å². The van der Waals surface area contributed by atoms with E-state index in [1.54, 1.807) is 0 Å². The molecule has 1 fully saturated rings. The van der Waals surface area contributed by atoms with Crippen LogP contribution in [-0.4, -0.2) is 18.5 Å². The minimum atomic E-state index is 0.228. The van der Waals surface area contributed by atoms with Gasteiger partial charge in [-0.05, 0) is 12.5 Å². The lowest BCUT2D eigenvalue weighted by atomic mass is 10.1. The van der Waals surface area contributed by atoms with Crippen LogP contribution in [-0.2, 0) is 9.53 Å². The monoisotopic (exact) mass is 154 g/mol. The molecule has 0 amide bonds. The maximum absolute atomic E-state index is 9.92. The van der Waals surface area contributed by atoms with E-state index in [0.29, 0.717) is 6.10 Å². The van der Waals surface area contributed by atoms with Crippen molar-refractivity contribution in [1.82, 2.24) is 0 Å². The van der Waals surface area contributed by atoms with Crippen LogP contribution in [0.2, 0.25) is 0 Å². The Morgan fingerprint density at radius 2 is 2.36 bits per heavy atom. The summed E-state index contributed by atoms with van der Waals surface area (Å²) in [5.41, 5.74) is 0. The number of hydrogen-bond donors (Lipinski definition) is 0. The average molecular weight is 154 g/mol. The van der Waals surface area contributed by atoms with Crippen LogP contribution in [0.1, 0.15) is 26.2 Å². The lowest BCUT2D eigenvalue weighted by Crippen LogP contribution is -1.89. The molecule has 1 saturated heterocycles. The van der Waals surface area contributed by atoms with Crippen LogP contribution < -0.4 is 0 Å². The van der Waals surface area contributed by atoms with E-state index in [1.807, 2.05) is 6.08 Å². The standard InChI is InChI=1S/C9H14O2/c1-2-3-5-8-9(11-8)6-4-7-10/h4,6-9H,2-3,5H2,1H3/t8-,9-/m0/s1. The number of rotatable bonds is 5. The Morgan fingerprint density at radius 3 is 3.00 bits per heavy atom. The van der Waals surface area contributed by atoms with Gasteiger partial charge in [-0.25, -0.2) is 0 Å². The highest BCUT2D eigenvalue weighted by Gasteiger charge is 2.35. The van der Waals surface area contributed by atoms with Gasteiger partial charge in [0.15, 0.2) is 0 Å². The fraction of sp³-hybridized carbons (Fsp3) is 0.667. The van der Waals surface area contributed by atoms with Crippen molar-refractivity contribution in [3.63, 3.8) is 0 Å². The highest BCUT2D eigenvalue weighted by molar-refractivity contribution is 5.64. The van der Waals surface area contributed by atoms with E-state index >= 15 is 0 Å². The number of allylic oxidation sites excluding steroid dienone is 1. The topological polar surface area (TPSA) is 29.6 Å². The van der Waals surface area contributed by atoms with Gasteiger partial charge in [0.05, 0.1) is 6.10 Å². The van der Waals surface area contributed by atoms with Gasteiger partial charge in [0.2, 0.25) is 0 Å². The Kier molecular flexibility index (Phi) is 3.30. The number of aldehydes is 1. The molecule has 1 aliphatic heterocycles. The Hall–Kier alpha value is -0.630. The summed E-state index contributed by atoms with van der Waals surface area (Å²) in [7, 11) is 0. The molecule has 0 aliphatic carbocycles. The normalized spacial score (nSPS) is 29.2. The van der Waals surface area contributed by atoms with Gasteiger partial charge in [-0.1, -0.05) is 25.8 Å². The number of hydrogen-bond acceptors (Lipinski definition) is 2. The Morgan fingerprint density at radius 1 is 1.55 bits per heavy atom. The lowest BCUT2D eigenvalue weighted by molar-refractivity contribution is -0.104. The van der Waals surface area contributed by atoms with Gasteiger partial charge in [0, 0.05) is 0 Å². The predicted molar refractivity (Wildman–Crippen MR) is 43.4 cm³/mol. The summed E-state index contributed by atoms with van der Waals surface area (Å²) in [6.07, 6.45) is 8.31. The molecular weight excluding hydrogens is 140 g/mol. The van der Waals surface area contributed by atoms with Crippen LogP contribution in [0.4, 0.5) is 0 Å². The molecule has 0 aromatic heterocycles. The van der Waals surface area contributed by atoms with Crippen molar-refractivity contribution in [2.24, 2.45) is 0 Å². The Balaban J connectivity index is 2.06. The van der Waals surface area contributed by atoms with Crippen LogP contribution in [0.25, 0.3) is 0 Å². The van der Waals surface area contributed by atoms with Crippen molar-refractivity contribution in [2.75, 3.05) is 0 Å². The summed E-state index contributed by atoms with van der Waals surface area (Å²) >= 11 is 0. The second kappa shape index (κ2) is 4.29. The zero-order chi connectivity index (χ0) is 8.10. The summed E-state index contributed by atoms with van der Waals surface area (Å²) in [5, 5.41) is 0. The summed E-state index contributed by atoms with van der Waals surface area (Å²) < 4.78 is 5.28. The van der Waals surface area contributed by atoms with Crippen LogP contribution >= 0.6 is 0 Å². The van der Waals surface area contributed by atoms with E-state index in [1.165, 1.54) is 18.9 Å². The highest BCUT2D eigenvalue weighted by Crippen LogP contribution is 2.27. The zero-order valence-corrected chi connectivity index (χ0v) is 6.82. The molecule has 1 aliphatic rings. The van der Waals surface area contributed by atoms with Crippen molar-refractivity contribution in [2.45, 2.75) is 38.4 Å². The lowest BCUT2D eigenvalue weighted by Gasteiger charge is -1.88. The molecule has 0 radical (unpaired) electrons. The average Bonchev–Trinajstić information content (AvgIpc) is 2.76. The highest BCUT2D eigenvalue weighted by atomic mass is 16.6. The number of carbonyl (C=O) groups excluding carboxylic acids is 1. The minimum Gasteiger partial charge on any atom is -0.365 e. The van der Waals surface area contributed by atoms with E-state index in [0.717, 1.165) is 12.7 Å². The van der Waals surface area contributed by atoms with Crippen LogP contribution in [0.15, 0.2) is 12.2 Å². The van der Waals surface area contributed by atoms with Crippen molar-refractivity contribution in [3.8, 4) is 0 Å². The predicted octanol–water partition coefficient (Wildman–Crippen LogP) is 1.70. The van der Waals surface area contributed by atoms with Crippen molar-refractivity contribution in [3.05, 3.63) is 12.2 Å². The quantitative estimate of drug-likeness (QED) is 0.342. The molecule has 0 saturated carbocycles. The molecule has 0 aromatic rings. The SMILES string of the molecule is CCCC[C@@H]1O[C@H]1C=CC=O. The van der Waals surface area contributed by atoms with E-state index in [2.05, 4.69) is 6.92 Å². The molecule has 1 rings (SSSR count). The third-order valence-corrected chi connectivity index (χ3v) is 1.84. The minimum absolute atomic E-state index is 0.228. The van der Waals surface area contributed by atoms with Gasteiger partial charge < -0.3 is 4.74 Å². The number of epoxide rings is 1. The van der Waals surface area contributed by atoms with Crippen molar-refractivity contribution >= 4 is 6.29 Å². The van der Waals surface area contributed by atoms with Crippen LogP contribution in [0.5, 0.6) is 0 Å². The van der Waals surface area contributed by atoms with E-state index in [9.17, 15) is 4.79 Å². The summed E-state index contributed by atoms with van der Waals surface area (Å²) in [5.74, 6) is 0. The zero-order valence-electron chi connectivity index (χ0n) is 6.82. The largest absolute Gasteiger partial charge is 0.365 e. The molecule has 0 bridgehead atoms. The molecule has 62 valence electrons. The molecular formula is C9H14O2. The Labute approximate surface area is 67.2 Å². The molecule has 2 nitrogen and oxygen atoms in total. The van der Waals surface area contributed by atoms with Crippen molar-refractivity contribution in [1.29, 1.82) is 0 Å². The number of unbranched alkanes of at least 4 members (excludes halogenated alkanes) is 1. The van der Waals surface area contributed by atoms with Gasteiger partial charge in [0.1, 0.15) is 12.4 Å². The molecule has 0 spiro atoms. The molecule has 2 heteroatoms. The van der Waals surface area contributed by atoms with Gasteiger partial charge in [-0.2, -0.15) is 0 Å². The second-order valence-corrected chi connectivity index (χ2v) is 2.80. The first-order chi connectivity index (χ1) is 5.38. The van der Waals surface area contributed by atoms with Crippen LogP contribution in [0.3, 0.4) is 0 Å². The maximum Gasteiger partial charge on any atom is 0.142 e. The van der Waals surface area contributed by atoms with E-state index < -0.39 is 0 Å². The molecule has 11 heavy (non-hydrogen) atoms. The van der Waals surface area contributed by atoms with Gasteiger partial charge in [-0.15, -0.1) is 0 Å². The number of ether oxygens (including phenoxy) is 1. The Bertz CT molecular complexity index is 152. The van der Waals surface area contributed by atoms with Crippen LogP contribution in [0, 0.1) is 0 Å². The first-order valence-electron chi connectivity index (χ1n) is 4.16. The summed E-state index contributed by atoms with van der Waals surface area (Å²) in [6, 6.07) is 0. The molecule has 2 atom stereocenters. The second-order valence-electron chi connectivity index (χ2n) is 2.80. The number of carbonyl (C=O) groups is 1. The smallest absolute Gasteiger partial charge is 0.142 e. The molecule has 0 aromatic carbocycles. The van der Waals surface area contributed by atoms with Crippen molar-refractivity contribution < 1.29 is 9.53 Å². The molecule has 1 heterocycles. The fourth-order valence-corrected chi connectivity index (χ4v) is 1.12. The first-order valence-corrected chi connectivity index (χ1v) is 4.16. The summed E-state index contributed by atoms with van der Waals surface area (Å²) in [4.78, 5) is 9.92. The summed E-state index contributed by atoms with van der Waals surface area (Å²) in [6.45, 7) is 2.17. The first kappa shape index (κ1) is 8.47.